The van der Waals surface area contributed by atoms with Crippen molar-refractivity contribution in [2.75, 3.05) is 7.11 Å². The Labute approximate surface area is 253 Å². The number of benzene rings is 3. The molecular formula is C29H17Br2N5O6. The average molecular weight is 691 g/mol. The van der Waals surface area contributed by atoms with Crippen molar-refractivity contribution in [2.24, 2.45) is 5.10 Å². The predicted octanol–water partition coefficient (Wildman–Crippen LogP) is 7.32. The second-order valence-electron chi connectivity index (χ2n) is 8.85. The number of nitrogens with zero attached hydrogens (tertiary/aromatic N) is 5. The number of halogens is 2. The highest BCUT2D eigenvalue weighted by atomic mass is 79.9. The van der Waals surface area contributed by atoms with Crippen LogP contribution in [0, 0.1) is 10.1 Å². The van der Waals surface area contributed by atoms with Crippen LogP contribution in [0.1, 0.15) is 5.56 Å². The van der Waals surface area contributed by atoms with Crippen LogP contribution in [-0.4, -0.2) is 32.9 Å². The molecule has 3 heterocycles. The first-order valence-corrected chi connectivity index (χ1v) is 13.8. The fourth-order valence-corrected chi connectivity index (χ4v) is 5.12. The Morgan fingerprint density at radius 2 is 1.90 bits per heavy atom. The van der Waals surface area contributed by atoms with Crippen molar-refractivity contribution in [1.29, 1.82) is 0 Å². The van der Waals surface area contributed by atoms with Gasteiger partial charge in [-0.25, -0.2) is 9.97 Å². The van der Waals surface area contributed by atoms with E-state index >= 15 is 0 Å². The monoisotopic (exact) mass is 689 g/mol. The van der Waals surface area contributed by atoms with E-state index in [1.54, 1.807) is 36.4 Å². The molecule has 0 radical (unpaired) electrons. The van der Waals surface area contributed by atoms with Gasteiger partial charge in [-0.05, 0) is 70.0 Å². The van der Waals surface area contributed by atoms with Crippen LogP contribution < -0.4 is 15.0 Å². The molecule has 0 spiro atoms. The Morgan fingerprint density at radius 3 is 2.67 bits per heavy atom. The zero-order valence-electron chi connectivity index (χ0n) is 21.5. The summed E-state index contributed by atoms with van der Waals surface area (Å²) in [4.78, 5) is 32.6. The highest BCUT2D eigenvalue weighted by Gasteiger charge is 2.18. The smallest absolute Gasteiger partial charge is 0.287 e. The summed E-state index contributed by atoms with van der Waals surface area (Å²) in [5, 5.41) is 16.7. The van der Waals surface area contributed by atoms with Gasteiger partial charge in [0.1, 0.15) is 11.8 Å². The number of pyridine rings is 1. The van der Waals surface area contributed by atoms with Gasteiger partial charge >= 0.3 is 0 Å². The van der Waals surface area contributed by atoms with E-state index in [-0.39, 0.29) is 23.0 Å². The molecule has 3 aromatic carbocycles. The lowest BCUT2D eigenvalue weighted by atomic mass is 10.2. The first-order chi connectivity index (χ1) is 20.3. The maximum atomic E-state index is 13.6. The molecule has 0 aliphatic rings. The number of aromatic nitrogens is 3. The summed E-state index contributed by atoms with van der Waals surface area (Å²) in [6.07, 6.45) is 2.59. The van der Waals surface area contributed by atoms with E-state index in [2.05, 4.69) is 41.9 Å². The third-order valence-corrected chi connectivity index (χ3v) is 7.25. The molecule has 0 saturated heterocycles. The second-order valence-corrected chi connectivity index (χ2v) is 10.6. The second kappa shape index (κ2) is 11.2. The van der Waals surface area contributed by atoms with E-state index in [0.29, 0.717) is 43.8 Å². The van der Waals surface area contributed by atoms with Crippen molar-refractivity contribution < 1.29 is 18.8 Å². The quantitative estimate of drug-likeness (QED) is 0.0966. The maximum Gasteiger partial charge on any atom is 0.287 e. The normalized spacial score (nSPS) is 11.4. The Hall–Kier alpha value is -4.88. The van der Waals surface area contributed by atoms with E-state index in [9.17, 15) is 14.9 Å². The summed E-state index contributed by atoms with van der Waals surface area (Å²) in [5.74, 6) is 1.38. The third kappa shape index (κ3) is 5.27. The summed E-state index contributed by atoms with van der Waals surface area (Å²) >= 11 is 6.95. The molecule has 0 N–H and O–H groups in total. The number of para-hydroxylation sites is 1. The van der Waals surface area contributed by atoms with Gasteiger partial charge in [-0.3, -0.25) is 14.9 Å². The number of nitro groups is 1. The van der Waals surface area contributed by atoms with Crippen LogP contribution in [0.15, 0.2) is 102 Å². The zero-order chi connectivity index (χ0) is 29.4. The number of rotatable bonds is 7. The van der Waals surface area contributed by atoms with E-state index in [1.165, 1.54) is 30.1 Å². The first kappa shape index (κ1) is 27.3. The van der Waals surface area contributed by atoms with E-state index in [0.717, 1.165) is 16.1 Å². The minimum Gasteiger partial charge on any atom is -0.493 e. The number of ether oxygens (including phenoxy) is 2. The number of fused-ring (bicyclic) bond motifs is 2. The van der Waals surface area contributed by atoms with Crippen LogP contribution in [0.3, 0.4) is 0 Å². The molecule has 0 atom stereocenters. The standard InChI is InChI=1S/C29H17Br2N5O6/c1-40-24-11-16(10-21(31)27(24)42-26-9-7-19(15-32-26)36(38)39)14-33-35-28(34-22-5-3-2-4-20(22)29(35)37)25-13-17-12-18(30)6-8-23(17)41-25/h2-15H,1H3. The lowest BCUT2D eigenvalue weighted by Gasteiger charge is -2.12. The Morgan fingerprint density at radius 1 is 1.07 bits per heavy atom. The lowest BCUT2D eigenvalue weighted by molar-refractivity contribution is -0.385. The molecule has 0 aliphatic heterocycles. The van der Waals surface area contributed by atoms with Crippen LogP contribution in [0.25, 0.3) is 33.5 Å². The molecule has 208 valence electrons. The number of hydrogen-bond donors (Lipinski definition) is 0. The molecular weight excluding hydrogens is 674 g/mol. The van der Waals surface area contributed by atoms with Crippen molar-refractivity contribution in [1.82, 2.24) is 14.6 Å². The van der Waals surface area contributed by atoms with Gasteiger partial charge < -0.3 is 13.9 Å². The van der Waals surface area contributed by atoms with Gasteiger partial charge in [0, 0.05) is 22.0 Å². The molecule has 11 nitrogen and oxygen atoms in total. The Balaban J connectivity index is 1.41. The van der Waals surface area contributed by atoms with Crippen molar-refractivity contribution >= 4 is 65.6 Å². The number of methoxy groups -OCH3 is 1. The van der Waals surface area contributed by atoms with Crippen molar-refractivity contribution in [3.05, 3.63) is 114 Å². The highest BCUT2D eigenvalue weighted by molar-refractivity contribution is 9.10. The van der Waals surface area contributed by atoms with Gasteiger partial charge in [-0.1, -0.05) is 28.1 Å². The van der Waals surface area contributed by atoms with Gasteiger partial charge in [0.05, 0.1) is 33.6 Å². The van der Waals surface area contributed by atoms with E-state index in [4.69, 9.17) is 18.9 Å². The van der Waals surface area contributed by atoms with Gasteiger partial charge in [0.15, 0.2) is 17.3 Å². The molecule has 6 aromatic rings. The molecule has 42 heavy (non-hydrogen) atoms. The first-order valence-electron chi connectivity index (χ1n) is 12.2. The van der Waals surface area contributed by atoms with Gasteiger partial charge in [-0.2, -0.15) is 9.78 Å². The van der Waals surface area contributed by atoms with Gasteiger partial charge in [-0.15, -0.1) is 0 Å². The van der Waals surface area contributed by atoms with Gasteiger partial charge in [0.2, 0.25) is 11.7 Å². The highest BCUT2D eigenvalue weighted by Crippen LogP contribution is 2.39. The van der Waals surface area contributed by atoms with E-state index in [1.807, 2.05) is 24.3 Å². The van der Waals surface area contributed by atoms with Crippen LogP contribution >= 0.6 is 31.9 Å². The number of furan rings is 1. The zero-order valence-corrected chi connectivity index (χ0v) is 24.7. The minimum atomic E-state index is -0.545. The lowest BCUT2D eigenvalue weighted by Crippen LogP contribution is -2.20. The fourth-order valence-electron chi connectivity index (χ4n) is 4.20. The Kier molecular flexibility index (Phi) is 7.27. The van der Waals surface area contributed by atoms with Crippen LogP contribution in [-0.2, 0) is 0 Å². The SMILES string of the molecule is COc1cc(C=Nn2c(-c3cc4cc(Br)ccc4o3)nc3ccccc3c2=O)cc(Br)c1Oc1ccc([N+](=O)[O-])cn1. The minimum absolute atomic E-state index is 0.136. The van der Waals surface area contributed by atoms with Crippen LogP contribution in [0.2, 0.25) is 0 Å². The summed E-state index contributed by atoms with van der Waals surface area (Å²) in [6.45, 7) is 0. The molecule has 0 saturated carbocycles. The fraction of sp³-hybridized carbons (Fsp3) is 0.0345. The topological polar surface area (TPSA) is 135 Å². The van der Waals surface area contributed by atoms with Crippen molar-refractivity contribution in [3.8, 4) is 29.0 Å². The molecule has 0 amide bonds. The maximum absolute atomic E-state index is 13.6. The molecule has 0 aliphatic carbocycles. The van der Waals surface area contributed by atoms with Crippen molar-refractivity contribution in [3.63, 3.8) is 0 Å². The molecule has 13 heteroatoms. The average Bonchev–Trinajstić information content (AvgIpc) is 3.41. The molecule has 0 unspecified atom stereocenters. The van der Waals surface area contributed by atoms with E-state index < -0.39 is 4.92 Å². The third-order valence-electron chi connectivity index (χ3n) is 6.16. The largest absolute Gasteiger partial charge is 0.493 e. The molecule has 0 fully saturated rings. The summed E-state index contributed by atoms with van der Waals surface area (Å²) in [6, 6.07) is 20.5. The van der Waals surface area contributed by atoms with Crippen LogP contribution in [0.5, 0.6) is 17.4 Å². The summed E-state index contributed by atoms with van der Waals surface area (Å²) in [5.41, 5.74) is 1.19. The number of hydrogen-bond acceptors (Lipinski definition) is 9. The van der Waals surface area contributed by atoms with Gasteiger partial charge in [0.25, 0.3) is 11.2 Å². The van der Waals surface area contributed by atoms with Crippen LogP contribution in [0.4, 0.5) is 5.69 Å². The summed E-state index contributed by atoms with van der Waals surface area (Å²) < 4.78 is 20.0. The van der Waals surface area contributed by atoms with Crippen molar-refractivity contribution in [2.45, 2.75) is 0 Å². The molecule has 0 bridgehead atoms. The predicted molar refractivity (Wildman–Crippen MR) is 164 cm³/mol. The summed E-state index contributed by atoms with van der Waals surface area (Å²) in [7, 11) is 1.47. The Bertz CT molecular complexity index is 2090. The molecule has 3 aromatic heterocycles. The molecule has 6 rings (SSSR count).